The molecule has 9 heteroatoms. The third-order valence-corrected chi connectivity index (χ3v) is 7.76. The first-order valence-electron chi connectivity index (χ1n) is 12.3. The van der Waals surface area contributed by atoms with Gasteiger partial charge in [-0.15, -0.1) is 0 Å². The fraction of sp³-hybridized carbons (Fsp3) is 0.481. The second kappa shape index (κ2) is 12.9. The van der Waals surface area contributed by atoms with E-state index < -0.39 is 28.7 Å². The van der Waals surface area contributed by atoms with E-state index in [1.165, 1.54) is 19.0 Å². The highest BCUT2D eigenvalue weighted by Crippen LogP contribution is 2.26. The average Bonchev–Trinajstić information content (AvgIpc) is 2.81. The summed E-state index contributed by atoms with van der Waals surface area (Å²) in [5.74, 6) is -0.675. The molecule has 0 aliphatic carbocycles. The lowest BCUT2D eigenvalue weighted by molar-refractivity contribution is -0.139. The Bertz CT molecular complexity index is 1130. The molecule has 0 fully saturated rings. The Kier molecular flexibility index (Phi) is 10.5. The summed E-state index contributed by atoms with van der Waals surface area (Å²) in [6.45, 7) is 9.16. The number of benzene rings is 2. The molecule has 0 aromatic heterocycles. The standard InChI is InChI=1S/C27H40N4O4S/c1-8-24(27(33)28-20(2)3)30(17-16-23-12-10-9-11-13-23)26(32)19-31(36(34,35)29(6)7)25-18-21(4)14-15-22(25)5/h9-15,18,20,24H,8,16-17,19H2,1-7H3,(H,28,33). The summed E-state index contributed by atoms with van der Waals surface area (Å²) in [7, 11) is -1.10. The first kappa shape index (κ1) is 29.3. The number of nitrogens with zero attached hydrogens (tertiary/aromatic N) is 3. The van der Waals surface area contributed by atoms with E-state index >= 15 is 0 Å². The highest BCUT2D eigenvalue weighted by atomic mass is 32.2. The Hall–Kier alpha value is -2.91. The molecule has 0 aliphatic heterocycles. The van der Waals surface area contributed by atoms with Gasteiger partial charge in [-0.05, 0) is 63.3 Å². The van der Waals surface area contributed by atoms with Gasteiger partial charge in [-0.2, -0.15) is 12.7 Å². The minimum absolute atomic E-state index is 0.0850. The monoisotopic (exact) mass is 516 g/mol. The van der Waals surface area contributed by atoms with Crippen LogP contribution >= 0.6 is 0 Å². The van der Waals surface area contributed by atoms with Crippen LogP contribution in [0.25, 0.3) is 0 Å². The third-order valence-electron chi connectivity index (χ3n) is 5.95. The minimum Gasteiger partial charge on any atom is -0.352 e. The molecule has 198 valence electrons. The van der Waals surface area contributed by atoms with E-state index in [1.54, 1.807) is 6.07 Å². The summed E-state index contributed by atoms with van der Waals surface area (Å²) in [5.41, 5.74) is 3.09. The van der Waals surface area contributed by atoms with Crippen molar-refractivity contribution in [3.63, 3.8) is 0 Å². The molecular formula is C27H40N4O4S. The van der Waals surface area contributed by atoms with E-state index in [2.05, 4.69) is 5.32 Å². The molecule has 1 N–H and O–H groups in total. The van der Waals surface area contributed by atoms with Crippen molar-refractivity contribution in [2.75, 3.05) is 31.5 Å². The average molecular weight is 517 g/mol. The largest absolute Gasteiger partial charge is 0.352 e. The molecule has 2 rings (SSSR count). The van der Waals surface area contributed by atoms with Crippen LogP contribution in [0.1, 0.15) is 43.9 Å². The number of aryl methyl sites for hydroxylation is 2. The van der Waals surface area contributed by atoms with E-state index in [9.17, 15) is 18.0 Å². The Labute approximate surface area is 216 Å². The van der Waals surface area contributed by atoms with Gasteiger partial charge in [0.2, 0.25) is 11.8 Å². The van der Waals surface area contributed by atoms with Crippen molar-refractivity contribution >= 4 is 27.7 Å². The molecule has 8 nitrogen and oxygen atoms in total. The van der Waals surface area contributed by atoms with Gasteiger partial charge >= 0.3 is 10.2 Å². The number of amides is 2. The second-order valence-corrected chi connectivity index (χ2v) is 11.6. The van der Waals surface area contributed by atoms with Crippen molar-refractivity contribution in [1.82, 2.24) is 14.5 Å². The van der Waals surface area contributed by atoms with E-state index in [0.717, 1.165) is 25.3 Å². The number of anilines is 1. The Balaban J connectivity index is 2.48. The Morgan fingerprint density at radius 2 is 1.64 bits per heavy atom. The molecule has 1 atom stereocenters. The second-order valence-electron chi connectivity index (χ2n) is 9.50. The molecule has 0 saturated heterocycles. The molecule has 1 unspecified atom stereocenters. The number of rotatable bonds is 12. The summed E-state index contributed by atoms with van der Waals surface area (Å²) < 4.78 is 28.9. The number of carbonyl (C=O) groups is 2. The van der Waals surface area contributed by atoms with Crippen LogP contribution in [0.3, 0.4) is 0 Å². The molecule has 0 aliphatic rings. The molecule has 0 radical (unpaired) electrons. The molecule has 0 spiro atoms. The fourth-order valence-corrected chi connectivity index (χ4v) is 5.08. The maximum absolute atomic E-state index is 13.8. The van der Waals surface area contributed by atoms with Gasteiger partial charge in [0.05, 0.1) is 5.69 Å². The number of carbonyl (C=O) groups excluding carboxylic acids is 2. The van der Waals surface area contributed by atoms with Crippen molar-refractivity contribution in [3.05, 3.63) is 65.2 Å². The fourth-order valence-electron chi connectivity index (χ4n) is 3.97. The van der Waals surface area contributed by atoms with Gasteiger partial charge in [-0.3, -0.25) is 9.59 Å². The van der Waals surface area contributed by atoms with E-state index in [1.807, 2.05) is 77.1 Å². The van der Waals surface area contributed by atoms with Crippen LogP contribution in [0, 0.1) is 13.8 Å². The summed E-state index contributed by atoms with van der Waals surface area (Å²) >= 11 is 0. The number of nitrogens with one attached hydrogen (secondary N) is 1. The molecule has 2 aromatic rings. The van der Waals surface area contributed by atoms with Gasteiger partial charge in [-0.25, -0.2) is 4.31 Å². The zero-order chi connectivity index (χ0) is 27.0. The van der Waals surface area contributed by atoms with Crippen LogP contribution in [0.15, 0.2) is 48.5 Å². The predicted molar refractivity (Wildman–Crippen MR) is 145 cm³/mol. The van der Waals surface area contributed by atoms with Crippen molar-refractivity contribution in [2.24, 2.45) is 0 Å². The van der Waals surface area contributed by atoms with Crippen LogP contribution in [0.2, 0.25) is 0 Å². The molecule has 36 heavy (non-hydrogen) atoms. The van der Waals surface area contributed by atoms with Crippen molar-refractivity contribution in [1.29, 1.82) is 0 Å². The Morgan fingerprint density at radius 3 is 2.19 bits per heavy atom. The SMILES string of the molecule is CCC(C(=O)NC(C)C)N(CCc1ccccc1)C(=O)CN(c1cc(C)ccc1C)S(=O)(=O)N(C)C. The predicted octanol–water partition coefficient (Wildman–Crippen LogP) is 3.29. The van der Waals surface area contributed by atoms with Gasteiger partial charge in [0, 0.05) is 26.7 Å². The van der Waals surface area contributed by atoms with Gasteiger partial charge in [-0.1, -0.05) is 49.4 Å². The highest BCUT2D eigenvalue weighted by molar-refractivity contribution is 7.90. The molecule has 0 heterocycles. The van der Waals surface area contributed by atoms with Gasteiger partial charge in [0.25, 0.3) is 0 Å². The van der Waals surface area contributed by atoms with Crippen LogP contribution in [0.4, 0.5) is 5.69 Å². The minimum atomic E-state index is -3.98. The lowest BCUT2D eigenvalue weighted by atomic mass is 10.1. The molecule has 0 bridgehead atoms. The summed E-state index contributed by atoms with van der Waals surface area (Å²) in [5, 5.41) is 2.90. The van der Waals surface area contributed by atoms with Crippen molar-refractivity contribution in [2.45, 2.75) is 59.5 Å². The molecule has 2 amide bonds. The van der Waals surface area contributed by atoms with Crippen LogP contribution in [-0.4, -0.2) is 68.7 Å². The van der Waals surface area contributed by atoms with Crippen LogP contribution < -0.4 is 9.62 Å². The van der Waals surface area contributed by atoms with Crippen molar-refractivity contribution < 1.29 is 18.0 Å². The zero-order valence-electron chi connectivity index (χ0n) is 22.5. The smallest absolute Gasteiger partial charge is 0.304 e. The normalized spacial score (nSPS) is 12.5. The van der Waals surface area contributed by atoms with Crippen LogP contribution in [0.5, 0.6) is 0 Å². The first-order valence-corrected chi connectivity index (χ1v) is 13.7. The molecule has 0 saturated carbocycles. The van der Waals surface area contributed by atoms with Crippen LogP contribution in [-0.2, 0) is 26.2 Å². The summed E-state index contributed by atoms with van der Waals surface area (Å²) in [4.78, 5) is 28.4. The Morgan fingerprint density at radius 1 is 1.00 bits per heavy atom. The van der Waals surface area contributed by atoms with E-state index in [-0.39, 0.29) is 18.5 Å². The lowest BCUT2D eigenvalue weighted by Crippen LogP contribution is -2.55. The summed E-state index contributed by atoms with van der Waals surface area (Å²) in [6, 6.07) is 14.4. The number of hydrogen-bond donors (Lipinski definition) is 1. The third kappa shape index (κ3) is 7.54. The van der Waals surface area contributed by atoms with Gasteiger partial charge < -0.3 is 10.2 Å². The van der Waals surface area contributed by atoms with E-state index in [0.29, 0.717) is 18.5 Å². The van der Waals surface area contributed by atoms with E-state index in [4.69, 9.17) is 0 Å². The summed E-state index contributed by atoms with van der Waals surface area (Å²) in [6.07, 6.45) is 0.949. The molecule has 2 aromatic carbocycles. The highest BCUT2D eigenvalue weighted by Gasteiger charge is 2.34. The lowest BCUT2D eigenvalue weighted by Gasteiger charge is -2.34. The zero-order valence-corrected chi connectivity index (χ0v) is 23.3. The number of hydrogen-bond acceptors (Lipinski definition) is 4. The topological polar surface area (TPSA) is 90.0 Å². The van der Waals surface area contributed by atoms with Gasteiger partial charge in [0.1, 0.15) is 12.6 Å². The first-order chi connectivity index (χ1) is 16.9. The van der Waals surface area contributed by atoms with Gasteiger partial charge in [0.15, 0.2) is 0 Å². The maximum Gasteiger partial charge on any atom is 0.304 e. The molecular weight excluding hydrogens is 476 g/mol. The van der Waals surface area contributed by atoms with Crippen molar-refractivity contribution in [3.8, 4) is 0 Å². The maximum atomic E-state index is 13.8. The quantitative estimate of drug-likeness (QED) is 0.469.